The molecule has 2 aromatic heterocycles. The maximum atomic E-state index is 14.4. The first kappa shape index (κ1) is 25.8. The highest BCUT2D eigenvalue weighted by molar-refractivity contribution is 6.13. The van der Waals surface area contributed by atoms with E-state index in [4.69, 9.17) is 16.3 Å². The minimum atomic E-state index is -0.468. The molecule has 5 rings (SSSR count). The van der Waals surface area contributed by atoms with Crippen LogP contribution in [0.25, 0.3) is 0 Å². The lowest BCUT2D eigenvalue weighted by molar-refractivity contribution is 0.348. The van der Waals surface area contributed by atoms with Gasteiger partial charge in [-0.3, -0.25) is 0 Å². The van der Waals surface area contributed by atoms with E-state index in [2.05, 4.69) is 43.7 Å². The molecule has 8 nitrogen and oxygen atoms in total. The Morgan fingerprint density at radius 3 is 2.54 bits per heavy atom. The Kier molecular flexibility index (Phi) is 7.85. The summed E-state index contributed by atoms with van der Waals surface area (Å²) in [4.78, 5) is 20.5. The third kappa shape index (κ3) is 5.85. The van der Waals surface area contributed by atoms with E-state index in [1.807, 2.05) is 17.3 Å². The number of rotatable bonds is 8. The number of piperidine rings is 1. The first-order valence-corrected chi connectivity index (χ1v) is 13.2. The molecule has 37 heavy (non-hydrogen) atoms. The van der Waals surface area contributed by atoms with E-state index in [9.17, 15) is 8.78 Å². The van der Waals surface area contributed by atoms with Crippen LogP contribution < -0.4 is 14.6 Å². The van der Waals surface area contributed by atoms with Crippen molar-refractivity contribution in [1.29, 1.82) is 0 Å². The summed E-state index contributed by atoms with van der Waals surface area (Å²) in [7, 11) is 0. The van der Waals surface area contributed by atoms with Crippen LogP contribution in [0.4, 0.5) is 20.7 Å². The molecule has 0 aliphatic carbocycles. The molecule has 1 aromatic carbocycles. The Hall–Kier alpha value is -2.85. The van der Waals surface area contributed by atoms with Gasteiger partial charge in [0.15, 0.2) is 5.82 Å². The molecule has 2 saturated heterocycles. The average Bonchev–Trinajstić information content (AvgIpc) is 3.58. The molecule has 4 heterocycles. The summed E-state index contributed by atoms with van der Waals surface area (Å²) in [5.41, 5.74) is 1.39. The molecule has 2 atom stereocenters. The maximum Gasteiger partial charge on any atom is 0.324 e. The zero-order chi connectivity index (χ0) is 25.9. The van der Waals surface area contributed by atoms with Crippen LogP contribution in [0.15, 0.2) is 35.1 Å². The predicted molar refractivity (Wildman–Crippen MR) is 138 cm³/mol. The van der Waals surface area contributed by atoms with Crippen LogP contribution in [0.5, 0.6) is 0 Å². The lowest BCUT2D eigenvalue weighted by Crippen LogP contribution is -2.34. The van der Waals surface area contributed by atoms with E-state index in [-0.39, 0.29) is 17.9 Å². The summed E-state index contributed by atoms with van der Waals surface area (Å²) < 4.78 is 33.6. The van der Waals surface area contributed by atoms with Crippen molar-refractivity contribution in [3.8, 4) is 0 Å². The molecular weight excluding hydrogens is 500 g/mol. The van der Waals surface area contributed by atoms with Gasteiger partial charge < -0.3 is 14.3 Å². The van der Waals surface area contributed by atoms with Gasteiger partial charge in [0.25, 0.3) is 0 Å². The van der Waals surface area contributed by atoms with Crippen LogP contribution in [0.3, 0.4) is 0 Å². The van der Waals surface area contributed by atoms with Crippen LogP contribution in [-0.2, 0) is 6.42 Å². The van der Waals surface area contributed by atoms with Gasteiger partial charge in [-0.2, -0.15) is 4.98 Å². The standard InChI is InChI=1S/C26H32ClF2N7O/c1-16(2)24-32-26(37-34-24)35-9-7-17(8-10-35)3-4-18-12-30-25(31-13-18)36-14-21(23(15-36)33-27)20-11-19(28)5-6-22(20)29/h5-6,11-13,16-17,21,23,33H,3-4,7-10,14-15H2,1-2H3/t21-,23+/m1/s1. The van der Waals surface area contributed by atoms with E-state index in [0.29, 0.717) is 36.5 Å². The van der Waals surface area contributed by atoms with Gasteiger partial charge in [0.05, 0.1) is 0 Å². The molecule has 0 bridgehead atoms. The van der Waals surface area contributed by atoms with Gasteiger partial charge in [-0.1, -0.05) is 19.0 Å². The zero-order valence-electron chi connectivity index (χ0n) is 21.1. The highest BCUT2D eigenvalue weighted by Gasteiger charge is 2.36. The van der Waals surface area contributed by atoms with Crippen LogP contribution in [-0.4, -0.2) is 52.3 Å². The first-order valence-electron chi connectivity index (χ1n) is 12.9. The van der Waals surface area contributed by atoms with Gasteiger partial charge in [-0.05, 0) is 72.7 Å². The van der Waals surface area contributed by atoms with E-state index >= 15 is 0 Å². The molecule has 2 aliphatic rings. The molecule has 198 valence electrons. The molecule has 2 aliphatic heterocycles. The van der Waals surface area contributed by atoms with Gasteiger partial charge in [0.1, 0.15) is 11.6 Å². The minimum absolute atomic E-state index is 0.253. The predicted octanol–water partition coefficient (Wildman–Crippen LogP) is 4.83. The molecule has 0 saturated carbocycles. The van der Waals surface area contributed by atoms with Crippen LogP contribution in [0.1, 0.15) is 61.9 Å². The summed E-state index contributed by atoms with van der Waals surface area (Å²) >= 11 is 5.95. The monoisotopic (exact) mass is 531 g/mol. The molecule has 3 aromatic rings. The Bertz CT molecular complexity index is 1180. The van der Waals surface area contributed by atoms with E-state index in [1.165, 1.54) is 6.07 Å². The summed E-state index contributed by atoms with van der Waals surface area (Å²) in [6, 6.07) is 3.89. The number of anilines is 2. The van der Waals surface area contributed by atoms with Crippen LogP contribution in [0, 0.1) is 17.6 Å². The van der Waals surface area contributed by atoms with E-state index in [0.717, 1.165) is 62.3 Å². The molecule has 0 unspecified atom stereocenters. The minimum Gasteiger partial charge on any atom is -0.339 e. The summed E-state index contributed by atoms with van der Waals surface area (Å²) in [6.45, 7) is 6.89. The number of aromatic nitrogens is 4. The van der Waals surface area contributed by atoms with Crippen molar-refractivity contribution in [2.24, 2.45) is 5.92 Å². The number of aryl methyl sites for hydroxylation is 1. The lowest BCUT2D eigenvalue weighted by Gasteiger charge is -2.30. The zero-order valence-corrected chi connectivity index (χ0v) is 21.8. The van der Waals surface area contributed by atoms with Crippen LogP contribution >= 0.6 is 11.8 Å². The summed E-state index contributed by atoms with van der Waals surface area (Å²) in [5, 5.41) is 4.07. The molecule has 2 fully saturated rings. The second-order valence-corrected chi connectivity index (χ2v) is 10.6. The normalized spacial score (nSPS) is 20.8. The van der Waals surface area contributed by atoms with Crippen molar-refractivity contribution in [2.75, 3.05) is 36.0 Å². The lowest BCUT2D eigenvalue weighted by atomic mass is 9.91. The van der Waals surface area contributed by atoms with Gasteiger partial charge >= 0.3 is 6.01 Å². The summed E-state index contributed by atoms with van der Waals surface area (Å²) in [6.07, 6.45) is 7.87. The Balaban J connectivity index is 1.13. The molecule has 1 N–H and O–H groups in total. The van der Waals surface area contributed by atoms with E-state index < -0.39 is 11.6 Å². The second kappa shape index (κ2) is 11.3. The number of nitrogens with zero attached hydrogens (tertiary/aromatic N) is 6. The third-order valence-corrected chi connectivity index (χ3v) is 7.75. The molecule has 0 amide bonds. The Morgan fingerprint density at radius 2 is 1.86 bits per heavy atom. The number of benzene rings is 1. The topological polar surface area (TPSA) is 83.2 Å². The number of hydrogen-bond donors (Lipinski definition) is 1. The average molecular weight is 532 g/mol. The van der Waals surface area contributed by atoms with Crippen molar-refractivity contribution >= 4 is 23.7 Å². The molecular formula is C26H32ClF2N7O. The first-order chi connectivity index (χ1) is 17.9. The maximum absolute atomic E-state index is 14.4. The van der Waals surface area contributed by atoms with Gasteiger partial charge in [-0.15, -0.1) is 0 Å². The molecule has 0 radical (unpaired) electrons. The fourth-order valence-electron chi connectivity index (χ4n) is 5.21. The van der Waals surface area contributed by atoms with Crippen molar-refractivity contribution < 1.29 is 13.3 Å². The number of hydrogen-bond acceptors (Lipinski definition) is 8. The summed E-state index contributed by atoms with van der Waals surface area (Å²) in [5.74, 6) is 0.972. The smallest absolute Gasteiger partial charge is 0.324 e. The fraction of sp³-hybridized carbons (Fsp3) is 0.538. The highest BCUT2D eigenvalue weighted by atomic mass is 35.5. The van der Waals surface area contributed by atoms with Gasteiger partial charge in [0, 0.05) is 56.5 Å². The van der Waals surface area contributed by atoms with Crippen LogP contribution in [0.2, 0.25) is 0 Å². The molecule has 0 spiro atoms. The SMILES string of the molecule is CC(C)c1noc(N2CCC(CCc3cnc(N4C[C@H](NCl)[C@@H](c5cc(F)ccc5F)C4)nc3)CC2)n1. The fourth-order valence-corrected chi connectivity index (χ4v) is 5.43. The second-order valence-electron chi connectivity index (χ2n) is 10.3. The van der Waals surface area contributed by atoms with Crippen molar-refractivity contribution in [3.05, 3.63) is 59.2 Å². The van der Waals surface area contributed by atoms with Gasteiger partial charge in [0.2, 0.25) is 5.95 Å². The van der Waals surface area contributed by atoms with Crippen molar-refractivity contribution in [3.63, 3.8) is 0 Å². The largest absolute Gasteiger partial charge is 0.339 e. The number of nitrogens with one attached hydrogen (secondary N) is 1. The van der Waals surface area contributed by atoms with Crippen molar-refractivity contribution in [1.82, 2.24) is 24.9 Å². The molecule has 11 heteroatoms. The quantitative estimate of drug-likeness (QED) is 0.414. The highest BCUT2D eigenvalue weighted by Crippen LogP contribution is 2.32. The third-order valence-electron chi connectivity index (χ3n) is 7.47. The Morgan fingerprint density at radius 1 is 1.11 bits per heavy atom. The number of halogens is 3. The van der Waals surface area contributed by atoms with E-state index in [1.54, 1.807) is 0 Å². The van der Waals surface area contributed by atoms with Gasteiger partial charge in [-0.25, -0.2) is 23.6 Å². The Labute approximate surface area is 220 Å². The van der Waals surface area contributed by atoms with Crippen molar-refractivity contribution in [2.45, 2.75) is 57.4 Å².